The maximum atomic E-state index is 13.0. The molecule has 0 bridgehead atoms. The molecule has 2 aromatic rings. The predicted octanol–water partition coefficient (Wildman–Crippen LogP) is 4.13. The van der Waals surface area contributed by atoms with Crippen molar-refractivity contribution in [3.63, 3.8) is 0 Å². The predicted molar refractivity (Wildman–Crippen MR) is 69.1 cm³/mol. The van der Waals surface area contributed by atoms with Gasteiger partial charge in [0.05, 0.1) is 11.1 Å². The van der Waals surface area contributed by atoms with Gasteiger partial charge in [0.25, 0.3) is 0 Å². The van der Waals surface area contributed by atoms with Gasteiger partial charge in [-0.2, -0.15) is 0 Å². The van der Waals surface area contributed by atoms with Gasteiger partial charge in [0.15, 0.2) is 0 Å². The molecule has 1 N–H and O–H groups in total. The van der Waals surface area contributed by atoms with Crippen LogP contribution in [0.15, 0.2) is 29.6 Å². The van der Waals surface area contributed by atoms with Crippen LogP contribution in [0.3, 0.4) is 0 Å². The minimum absolute atomic E-state index is 0.0950. The van der Waals surface area contributed by atoms with Gasteiger partial charge in [-0.05, 0) is 41.6 Å². The molecule has 0 aliphatic carbocycles. The van der Waals surface area contributed by atoms with Crippen LogP contribution in [0.5, 0.6) is 0 Å². The van der Waals surface area contributed by atoms with E-state index in [9.17, 15) is 9.50 Å². The van der Waals surface area contributed by atoms with E-state index in [0.29, 0.717) is 6.42 Å². The van der Waals surface area contributed by atoms with Crippen molar-refractivity contribution in [2.75, 3.05) is 0 Å². The Hall–Kier alpha value is -0.900. The van der Waals surface area contributed by atoms with Gasteiger partial charge < -0.3 is 5.11 Å². The zero-order valence-electron chi connectivity index (χ0n) is 9.28. The molecule has 1 unspecified atom stereocenters. The second-order valence-corrected chi connectivity index (χ2v) is 5.29. The molecule has 0 spiro atoms. The number of hydrogen-bond acceptors (Lipinski definition) is 2. The zero-order chi connectivity index (χ0) is 12.4. The van der Waals surface area contributed by atoms with Crippen molar-refractivity contribution in [3.8, 4) is 0 Å². The first-order valence-corrected chi connectivity index (χ1v) is 6.49. The van der Waals surface area contributed by atoms with E-state index in [-0.39, 0.29) is 5.02 Å². The Kier molecular flexibility index (Phi) is 3.82. The van der Waals surface area contributed by atoms with Crippen LogP contribution in [-0.4, -0.2) is 5.11 Å². The molecule has 1 nitrogen and oxygen atoms in total. The third kappa shape index (κ3) is 2.86. The highest BCUT2D eigenvalue weighted by atomic mass is 35.5. The van der Waals surface area contributed by atoms with Crippen molar-refractivity contribution in [1.82, 2.24) is 0 Å². The van der Waals surface area contributed by atoms with E-state index in [0.717, 1.165) is 16.0 Å². The minimum atomic E-state index is -0.559. The summed E-state index contributed by atoms with van der Waals surface area (Å²) in [6, 6.07) is 6.50. The molecule has 0 saturated heterocycles. The molecule has 0 fully saturated rings. The van der Waals surface area contributed by atoms with E-state index >= 15 is 0 Å². The van der Waals surface area contributed by atoms with Crippen LogP contribution >= 0.6 is 22.9 Å². The van der Waals surface area contributed by atoms with Gasteiger partial charge in [0.1, 0.15) is 5.82 Å². The summed E-state index contributed by atoms with van der Waals surface area (Å²) in [5, 5.41) is 12.1. The standard InChI is InChI=1S/C13H12ClFOS/c1-8-4-5-17-13(8)12(16)7-9-2-3-11(15)10(14)6-9/h2-6,12,16H,7H2,1H3. The van der Waals surface area contributed by atoms with Gasteiger partial charge in [-0.1, -0.05) is 17.7 Å². The quantitative estimate of drug-likeness (QED) is 0.889. The van der Waals surface area contributed by atoms with E-state index in [1.807, 2.05) is 18.4 Å². The highest BCUT2D eigenvalue weighted by Crippen LogP contribution is 2.27. The van der Waals surface area contributed by atoms with E-state index in [2.05, 4.69) is 0 Å². The van der Waals surface area contributed by atoms with Crippen molar-refractivity contribution < 1.29 is 9.50 Å². The average molecular weight is 271 g/mol. The highest BCUT2D eigenvalue weighted by molar-refractivity contribution is 7.10. The maximum absolute atomic E-state index is 13.0. The summed E-state index contributed by atoms with van der Waals surface area (Å²) in [6.07, 6.45) is -0.113. The number of aliphatic hydroxyl groups excluding tert-OH is 1. The summed E-state index contributed by atoms with van der Waals surface area (Å²) in [5.41, 5.74) is 1.91. The maximum Gasteiger partial charge on any atom is 0.141 e. The first-order chi connectivity index (χ1) is 8.08. The van der Waals surface area contributed by atoms with Gasteiger partial charge in [0.2, 0.25) is 0 Å². The molecule has 17 heavy (non-hydrogen) atoms. The third-order valence-electron chi connectivity index (χ3n) is 2.62. The first-order valence-electron chi connectivity index (χ1n) is 5.24. The highest BCUT2D eigenvalue weighted by Gasteiger charge is 2.13. The molecule has 1 heterocycles. The third-order valence-corrected chi connectivity index (χ3v) is 4.03. The lowest BCUT2D eigenvalue weighted by Crippen LogP contribution is -2.01. The molecule has 1 aromatic heterocycles. The van der Waals surface area contributed by atoms with Crippen LogP contribution in [0, 0.1) is 12.7 Å². The lowest BCUT2D eigenvalue weighted by molar-refractivity contribution is 0.181. The molecule has 1 aromatic carbocycles. The molecular formula is C13H12ClFOS. The minimum Gasteiger partial charge on any atom is -0.387 e. The fourth-order valence-electron chi connectivity index (χ4n) is 1.71. The fraction of sp³-hybridized carbons (Fsp3) is 0.231. The molecule has 1 atom stereocenters. The van der Waals surface area contributed by atoms with Crippen LogP contribution in [0.25, 0.3) is 0 Å². The van der Waals surface area contributed by atoms with E-state index in [1.54, 1.807) is 12.1 Å². The largest absolute Gasteiger partial charge is 0.387 e. The summed E-state index contributed by atoms with van der Waals surface area (Å²) in [7, 11) is 0. The molecule has 0 saturated carbocycles. The summed E-state index contributed by atoms with van der Waals surface area (Å²) in [4.78, 5) is 0.949. The van der Waals surface area contributed by atoms with Crippen LogP contribution in [0.4, 0.5) is 4.39 Å². The topological polar surface area (TPSA) is 20.2 Å². The summed E-state index contributed by atoms with van der Waals surface area (Å²) in [6.45, 7) is 1.96. The molecule has 0 aliphatic heterocycles. The Balaban J connectivity index is 2.16. The fourth-order valence-corrected chi connectivity index (χ4v) is 2.82. The molecule has 2 rings (SSSR count). The van der Waals surface area contributed by atoms with Crippen molar-refractivity contribution in [1.29, 1.82) is 0 Å². The van der Waals surface area contributed by atoms with Gasteiger partial charge in [-0.25, -0.2) is 4.39 Å². The van der Waals surface area contributed by atoms with Crippen LogP contribution in [0.2, 0.25) is 5.02 Å². The number of thiophene rings is 1. The molecule has 0 aliphatic rings. The number of rotatable bonds is 3. The smallest absolute Gasteiger partial charge is 0.141 e. The van der Waals surface area contributed by atoms with E-state index in [4.69, 9.17) is 11.6 Å². The van der Waals surface area contributed by atoms with Gasteiger partial charge >= 0.3 is 0 Å². The number of aliphatic hydroxyl groups is 1. The van der Waals surface area contributed by atoms with Gasteiger partial charge in [-0.3, -0.25) is 0 Å². The zero-order valence-corrected chi connectivity index (χ0v) is 10.9. The normalized spacial score (nSPS) is 12.7. The Morgan fingerprint density at radius 2 is 2.18 bits per heavy atom. The second kappa shape index (κ2) is 5.17. The Bertz CT molecular complexity index is 524. The number of benzene rings is 1. The van der Waals surface area contributed by atoms with Crippen LogP contribution in [0.1, 0.15) is 22.1 Å². The van der Waals surface area contributed by atoms with Crippen LogP contribution < -0.4 is 0 Å². The number of halogens is 2. The number of aryl methyl sites for hydroxylation is 1. The molecule has 0 amide bonds. The molecule has 4 heteroatoms. The second-order valence-electron chi connectivity index (χ2n) is 3.94. The summed E-state index contributed by atoms with van der Waals surface area (Å²) < 4.78 is 13.0. The van der Waals surface area contributed by atoms with E-state index in [1.165, 1.54) is 17.4 Å². The average Bonchev–Trinajstić information content (AvgIpc) is 2.70. The van der Waals surface area contributed by atoms with Crippen LogP contribution in [-0.2, 0) is 6.42 Å². The summed E-state index contributed by atoms with van der Waals surface area (Å²) >= 11 is 7.23. The number of hydrogen-bond donors (Lipinski definition) is 1. The first kappa shape index (κ1) is 12.6. The molecule has 90 valence electrons. The Morgan fingerprint density at radius 1 is 1.41 bits per heavy atom. The molecular weight excluding hydrogens is 259 g/mol. The van der Waals surface area contributed by atoms with Gasteiger partial charge in [0, 0.05) is 11.3 Å². The Morgan fingerprint density at radius 3 is 2.76 bits per heavy atom. The van der Waals surface area contributed by atoms with E-state index < -0.39 is 11.9 Å². The van der Waals surface area contributed by atoms with Crippen molar-refractivity contribution in [2.24, 2.45) is 0 Å². The van der Waals surface area contributed by atoms with Gasteiger partial charge in [-0.15, -0.1) is 11.3 Å². The lowest BCUT2D eigenvalue weighted by Gasteiger charge is -2.10. The SMILES string of the molecule is Cc1ccsc1C(O)Cc1ccc(F)c(Cl)c1. The molecule has 0 radical (unpaired) electrons. The monoisotopic (exact) mass is 270 g/mol. The van der Waals surface area contributed by atoms with Crippen molar-refractivity contribution >= 4 is 22.9 Å². The van der Waals surface area contributed by atoms with Crippen molar-refractivity contribution in [2.45, 2.75) is 19.4 Å². The lowest BCUT2D eigenvalue weighted by atomic mass is 10.1. The van der Waals surface area contributed by atoms with Crippen molar-refractivity contribution in [3.05, 3.63) is 56.5 Å². The Labute approximate surface area is 108 Å². The summed E-state index contributed by atoms with van der Waals surface area (Å²) in [5.74, 6) is -0.433.